The molecule has 3 rings (SSSR count). The minimum absolute atomic E-state index is 0.696. The SMILES string of the molecule is c1cc(NC2CCCCC2)c2sccc2c1. The van der Waals surface area contributed by atoms with Crippen LogP contribution in [0.1, 0.15) is 32.1 Å². The molecule has 0 saturated heterocycles. The van der Waals surface area contributed by atoms with Crippen LogP contribution in [0.15, 0.2) is 29.6 Å². The van der Waals surface area contributed by atoms with Crippen molar-refractivity contribution in [2.24, 2.45) is 0 Å². The van der Waals surface area contributed by atoms with Crippen molar-refractivity contribution < 1.29 is 0 Å². The lowest BCUT2D eigenvalue weighted by atomic mass is 9.95. The van der Waals surface area contributed by atoms with Crippen LogP contribution in [0.4, 0.5) is 5.69 Å². The summed E-state index contributed by atoms with van der Waals surface area (Å²) in [5, 5.41) is 7.26. The highest BCUT2D eigenvalue weighted by molar-refractivity contribution is 7.17. The van der Waals surface area contributed by atoms with E-state index >= 15 is 0 Å². The quantitative estimate of drug-likeness (QED) is 0.793. The highest BCUT2D eigenvalue weighted by Crippen LogP contribution is 2.30. The van der Waals surface area contributed by atoms with E-state index in [1.54, 1.807) is 0 Å². The Balaban J connectivity index is 1.85. The summed E-state index contributed by atoms with van der Waals surface area (Å²) in [6, 6.07) is 9.46. The van der Waals surface area contributed by atoms with E-state index in [2.05, 4.69) is 35.0 Å². The van der Waals surface area contributed by atoms with E-state index in [9.17, 15) is 0 Å². The Morgan fingerprint density at radius 2 is 1.94 bits per heavy atom. The molecule has 1 aromatic carbocycles. The average molecular weight is 231 g/mol. The van der Waals surface area contributed by atoms with Gasteiger partial charge in [-0.25, -0.2) is 0 Å². The minimum Gasteiger partial charge on any atom is -0.381 e. The van der Waals surface area contributed by atoms with Gasteiger partial charge in [0.2, 0.25) is 0 Å². The summed E-state index contributed by atoms with van der Waals surface area (Å²) in [6.07, 6.45) is 6.86. The number of thiophene rings is 1. The molecule has 0 bridgehead atoms. The molecule has 0 atom stereocenters. The second-order valence-electron chi connectivity index (χ2n) is 4.62. The summed E-state index contributed by atoms with van der Waals surface area (Å²) in [5.74, 6) is 0. The molecular weight excluding hydrogens is 214 g/mol. The monoisotopic (exact) mass is 231 g/mol. The van der Waals surface area contributed by atoms with Crippen LogP contribution in [0.3, 0.4) is 0 Å². The van der Waals surface area contributed by atoms with Crippen molar-refractivity contribution in [3.05, 3.63) is 29.6 Å². The number of rotatable bonds is 2. The third-order valence-electron chi connectivity index (χ3n) is 3.44. The molecule has 1 aliphatic carbocycles. The summed E-state index contributed by atoms with van der Waals surface area (Å²) in [7, 11) is 0. The lowest BCUT2D eigenvalue weighted by molar-refractivity contribution is 0.463. The number of anilines is 1. The van der Waals surface area contributed by atoms with E-state index in [1.165, 1.54) is 47.9 Å². The molecule has 0 unspecified atom stereocenters. The van der Waals surface area contributed by atoms with E-state index in [1.807, 2.05) is 11.3 Å². The summed E-state index contributed by atoms with van der Waals surface area (Å²) in [5.41, 5.74) is 1.33. The molecule has 1 aliphatic rings. The van der Waals surface area contributed by atoms with Gasteiger partial charge in [0.25, 0.3) is 0 Å². The molecule has 0 radical (unpaired) electrons. The number of hydrogen-bond donors (Lipinski definition) is 1. The van der Waals surface area contributed by atoms with Crippen LogP contribution in [0.2, 0.25) is 0 Å². The van der Waals surface area contributed by atoms with Crippen LogP contribution in [0, 0.1) is 0 Å². The second-order valence-corrected chi connectivity index (χ2v) is 5.54. The molecule has 1 saturated carbocycles. The predicted molar refractivity (Wildman–Crippen MR) is 72.3 cm³/mol. The number of fused-ring (bicyclic) bond motifs is 1. The maximum atomic E-state index is 3.72. The Bertz CT molecular complexity index is 468. The van der Waals surface area contributed by atoms with Gasteiger partial charge in [0.1, 0.15) is 0 Å². The van der Waals surface area contributed by atoms with E-state index in [0.29, 0.717) is 6.04 Å². The maximum absolute atomic E-state index is 3.72. The third kappa shape index (κ3) is 1.94. The first-order valence-corrected chi connectivity index (χ1v) is 7.04. The largest absolute Gasteiger partial charge is 0.381 e. The zero-order valence-corrected chi connectivity index (χ0v) is 10.2. The molecule has 84 valence electrons. The van der Waals surface area contributed by atoms with Gasteiger partial charge in [0, 0.05) is 6.04 Å². The van der Waals surface area contributed by atoms with Crippen LogP contribution >= 0.6 is 11.3 Å². The third-order valence-corrected chi connectivity index (χ3v) is 4.41. The van der Waals surface area contributed by atoms with Gasteiger partial charge in [-0.05, 0) is 35.7 Å². The van der Waals surface area contributed by atoms with E-state index in [4.69, 9.17) is 0 Å². The normalized spacial score (nSPS) is 17.8. The van der Waals surface area contributed by atoms with Crippen molar-refractivity contribution in [2.45, 2.75) is 38.1 Å². The van der Waals surface area contributed by atoms with Crippen molar-refractivity contribution in [3.63, 3.8) is 0 Å². The highest BCUT2D eigenvalue weighted by Gasteiger charge is 2.13. The molecule has 1 fully saturated rings. The molecule has 2 aromatic rings. The van der Waals surface area contributed by atoms with Crippen LogP contribution in [-0.2, 0) is 0 Å². The first kappa shape index (κ1) is 10.2. The standard InChI is InChI=1S/C14H17NS/c1-2-6-12(7-3-1)15-13-8-4-5-11-9-10-16-14(11)13/h4-5,8-10,12,15H,1-3,6-7H2. The van der Waals surface area contributed by atoms with Crippen molar-refractivity contribution in [3.8, 4) is 0 Å². The summed E-state index contributed by atoms with van der Waals surface area (Å²) in [4.78, 5) is 0. The van der Waals surface area contributed by atoms with Gasteiger partial charge in [-0.15, -0.1) is 11.3 Å². The molecule has 1 heterocycles. The van der Waals surface area contributed by atoms with Crippen molar-refractivity contribution in [1.29, 1.82) is 0 Å². The minimum atomic E-state index is 0.696. The van der Waals surface area contributed by atoms with Gasteiger partial charge in [0.05, 0.1) is 10.4 Å². The molecular formula is C14H17NS. The fourth-order valence-electron chi connectivity index (χ4n) is 2.57. The van der Waals surface area contributed by atoms with Gasteiger partial charge in [-0.1, -0.05) is 31.4 Å². The lowest BCUT2D eigenvalue weighted by Crippen LogP contribution is -2.22. The van der Waals surface area contributed by atoms with E-state index in [0.717, 1.165) is 0 Å². The Morgan fingerprint density at radius 1 is 1.06 bits per heavy atom. The maximum Gasteiger partial charge on any atom is 0.0574 e. The summed E-state index contributed by atoms with van der Waals surface area (Å²) in [6.45, 7) is 0. The Morgan fingerprint density at radius 3 is 2.81 bits per heavy atom. The number of hydrogen-bond acceptors (Lipinski definition) is 2. The molecule has 1 aromatic heterocycles. The number of benzene rings is 1. The second kappa shape index (κ2) is 4.46. The van der Waals surface area contributed by atoms with Crippen LogP contribution < -0.4 is 5.32 Å². The zero-order valence-electron chi connectivity index (χ0n) is 9.41. The predicted octanol–water partition coefficient (Wildman–Crippen LogP) is 4.65. The fraction of sp³-hybridized carbons (Fsp3) is 0.429. The average Bonchev–Trinajstić information content (AvgIpc) is 2.80. The van der Waals surface area contributed by atoms with Gasteiger partial charge in [-0.2, -0.15) is 0 Å². The first-order chi connectivity index (χ1) is 7.93. The summed E-state index contributed by atoms with van der Waals surface area (Å²) < 4.78 is 1.41. The number of nitrogens with one attached hydrogen (secondary N) is 1. The Labute approximate surface area is 100 Å². The van der Waals surface area contributed by atoms with E-state index < -0.39 is 0 Å². The molecule has 1 nitrogen and oxygen atoms in total. The fourth-order valence-corrected chi connectivity index (χ4v) is 3.45. The van der Waals surface area contributed by atoms with Crippen LogP contribution in [0.25, 0.3) is 10.1 Å². The van der Waals surface area contributed by atoms with Gasteiger partial charge in [0.15, 0.2) is 0 Å². The van der Waals surface area contributed by atoms with Crippen molar-refractivity contribution in [1.82, 2.24) is 0 Å². The molecule has 1 N–H and O–H groups in total. The molecule has 0 spiro atoms. The van der Waals surface area contributed by atoms with Gasteiger partial charge in [-0.3, -0.25) is 0 Å². The molecule has 2 heteroatoms. The van der Waals surface area contributed by atoms with Crippen molar-refractivity contribution in [2.75, 3.05) is 5.32 Å². The van der Waals surface area contributed by atoms with Gasteiger partial charge < -0.3 is 5.32 Å². The molecule has 0 amide bonds. The van der Waals surface area contributed by atoms with Crippen LogP contribution in [-0.4, -0.2) is 6.04 Å². The Hall–Kier alpha value is -1.02. The van der Waals surface area contributed by atoms with E-state index in [-0.39, 0.29) is 0 Å². The molecule has 0 aliphatic heterocycles. The first-order valence-electron chi connectivity index (χ1n) is 6.16. The lowest BCUT2D eigenvalue weighted by Gasteiger charge is -2.24. The van der Waals surface area contributed by atoms with Gasteiger partial charge >= 0.3 is 0 Å². The topological polar surface area (TPSA) is 12.0 Å². The Kier molecular flexibility index (Phi) is 2.83. The summed E-state index contributed by atoms with van der Waals surface area (Å²) >= 11 is 1.84. The smallest absolute Gasteiger partial charge is 0.0574 e. The van der Waals surface area contributed by atoms with Crippen LogP contribution in [0.5, 0.6) is 0 Å². The van der Waals surface area contributed by atoms with Crippen molar-refractivity contribution >= 4 is 27.1 Å². The molecule has 16 heavy (non-hydrogen) atoms. The highest BCUT2D eigenvalue weighted by atomic mass is 32.1. The zero-order chi connectivity index (χ0) is 10.8.